The number of amides is 1. The van der Waals surface area contributed by atoms with Gasteiger partial charge in [-0.25, -0.2) is 17.5 Å². The molecule has 0 radical (unpaired) electrons. The monoisotopic (exact) mass is 444 g/mol. The predicted molar refractivity (Wildman–Crippen MR) is 102 cm³/mol. The number of carbonyl (C=O) groups excluding carboxylic acids is 2. The second-order valence-electron chi connectivity index (χ2n) is 6.43. The van der Waals surface area contributed by atoms with Crippen molar-refractivity contribution in [3.63, 3.8) is 0 Å². The number of nitrogens with zero attached hydrogens (tertiary/aromatic N) is 1. The molecule has 0 bridgehead atoms. The second kappa shape index (κ2) is 8.84. The number of carbonyl (C=O) groups is 2. The lowest BCUT2D eigenvalue weighted by molar-refractivity contribution is -0.137. The third kappa shape index (κ3) is 5.57. The van der Waals surface area contributed by atoms with E-state index >= 15 is 0 Å². The summed E-state index contributed by atoms with van der Waals surface area (Å²) in [5.41, 5.74) is -1.03. The summed E-state index contributed by atoms with van der Waals surface area (Å²) in [6.45, 7) is 1.26. The lowest BCUT2D eigenvalue weighted by atomic mass is 10.2. The number of esters is 1. The number of ether oxygens (including phenoxy) is 1. The number of nitrogens with one attached hydrogen (secondary N) is 1. The van der Waals surface area contributed by atoms with E-state index < -0.39 is 39.7 Å². The molecule has 0 aliphatic carbocycles. The van der Waals surface area contributed by atoms with Crippen LogP contribution in [-0.2, 0) is 25.7 Å². The zero-order chi connectivity index (χ0) is 22.7. The molecule has 30 heavy (non-hydrogen) atoms. The van der Waals surface area contributed by atoms with Gasteiger partial charge in [-0.2, -0.15) is 13.2 Å². The first-order valence-electron chi connectivity index (χ1n) is 8.54. The number of halogens is 3. The number of alkyl halides is 3. The Morgan fingerprint density at radius 3 is 2.20 bits per heavy atom. The summed E-state index contributed by atoms with van der Waals surface area (Å²) in [6.07, 6.45) is -5.87. The van der Waals surface area contributed by atoms with Gasteiger partial charge in [0.2, 0.25) is 10.0 Å². The van der Waals surface area contributed by atoms with Crippen molar-refractivity contribution in [3.05, 3.63) is 59.7 Å². The molecule has 162 valence electrons. The van der Waals surface area contributed by atoms with Crippen LogP contribution in [0.1, 0.15) is 22.8 Å². The van der Waals surface area contributed by atoms with Gasteiger partial charge in [0.1, 0.15) is 0 Å². The van der Waals surface area contributed by atoms with E-state index in [1.807, 2.05) is 0 Å². The third-order valence-corrected chi connectivity index (χ3v) is 5.81. The van der Waals surface area contributed by atoms with Crippen molar-refractivity contribution in [1.82, 2.24) is 4.31 Å². The Hall–Kier alpha value is -2.92. The van der Waals surface area contributed by atoms with Crippen LogP contribution in [0.15, 0.2) is 53.4 Å². The minimum atomic E-state index is -4.56. The highest BCUT2D eigenvalue weighted by Gasteiger charge is 2.30. The van der Waals surface area contributed by atoms with Gasteiger partial charge in [-0.1, -0.05) is 6.07 Å². The van der Waals surface area contributed by atoms with Gasteiger partial charge in [-0.15, -0.1) is 0 Å². The number of hydrogen-bond acceptors (Lipinski definition) is 5. The standard InChI is InChI=1S/C19H19F3N2O5S/c1-12(17(25)23-15-6-4-5-14(11-15)19(20,21)22)29-18(26)13-7-9-16(10-8-13)30(27,28)24(2)3/h4-12H,1-3H3,(H,23,25). The van der Waals surface area contributed by atoms with Gasteiger partial charge in [0.15, 0.2) is 6.10 Å². The average Bonchev–Trinajstić information content (AvgIpc) is 2.67. The molecule has 0 heterocycles. The molecule has 1 N–H and O–H groups in total. The zero-order valence-electron chi connectivity index (χ0n) is 16.2. The summed E-state index contributed by atoms with van der Waals surface area (Å²) >= 11 is 0. The van der Waals surface area contributed by atoms with E-state index in [0.717, 1.165) is 22.5 Å². The fourth-order valence-electron chi connectivity index (χ4n) is 2.27. The van der Waals surface area contributed by atoms with Crippen LogP contribution >= 0.6 is 0 Å². The van der Waals surface area contributed by atoms with Crippen molar-refractivity contribution in [2.24, 2.45) is 0 Å². The molecule has 0 spiro atoms. The molecule has 2 aromatic carbocycles. The van der Waals surface area contributed by atoms with Crippen molar-refractivity contribution in [3.8, 4) is 0 Å². The molecule has 2 aromatic rings. The van der Waals surface area contributed by atoms with Crippen LogP contribution < -0.4 is 5.32 Å². The smallest absolute Gasteiger partial charge is 0.416 e. The van der Waals surface area contributed by atoms with E-state index in [9.17, 15) is 31.2 Å². The van der Waals surface area contributed by atoms with Crippen LogP contribution in [-0.4, -0.2) is 44.8 Å². The molecule has 1 unspecified atom stereocenters. The maximum atomic E-state index is 12.7. The van der Waals surface area contributed by atoms with E-state index in [0.29, 0.717) is 0 Å². The van der Waals surface area contributed by atoms with Crippen LogP contribution in [0.3, 0.4) is 0 Å². The minimum absolute atomic E-state index is 0.00595. The molecule has 0 saturated heterocycles. The zero-order valence-corrected chi connectivity index (χ0v) is 17.0. The lowest BCUT2D eigenvalue weighted by Gasteiger charge is -2.15. The quantitative estimate of drug-likeness (QED) is 0.691. The summed E-state index contributed by atoms with van der Waals surface area (Å²) < 4.78 is 68.3. The Morgan fingerprint density at radius 1 is 1.07 bits per heavy atom. The molecule has 0 aliphatic rings. The highest BCUT2D eigenvalue weighted by atomic mass is 32.2. The van der Waals surface area contributed by atoms with Gasteiger partial charge >= 0.3 is 12.1 Å². The third-order valence-electron chi connectivity index (χ3n) is 3.98. The molecular weight excluding hydrogens is 425 g/mol. The second-order valence-corrected chi connectivity index (χ2v) is 8.58. The molecule has 2 rings (SSSR count). The largest absolute Gasteiger partial charge is 0.449 e. The molecule has 0 saturated carbocycles. The Balaban J connectivity index is 2.04. The fraction of sp³-hybridized carbons (Fsp3) is 0.263. The Bertz CT molecular complexity index is 1030. The van der Waals surface area contributed by atoms with Crippen LogP contribution in [0.4, 0.5) is 18.9 Å². The topological polar surface area (TPSA) is 92.8 Å². The Morgan fingerprint density at radius 2 is 1.67 bits per heavy atom. The predicted octanol–water partition coefficient (Wildman–Crippen LogP) is 3.14. The first kappa shape index (κ1) is 23.4. The van der Waals surface area contributed by atoms with E-state index in [-0.39, 0.29) is 16.1 Å². The molecule has 11 heteroatoms. The van der Waals surface area contributed by atoms with Gasteiger partial charge in [0, 0.05) is 19.8 Å². The maximum Gasteiger partial charge on any atom is 0.416 e. The Labute approximate surface area is 171 Å². The average molecular weight is 444 g/mol. The van der Waals surface area contributed by atoms with Crippen molar-refractivity contribution < 1.29 is 35.9 Å². The Kier molecular flexibility index (Phi) is 6.88. The van der Waals surface area contributed by atoms with Crippen molar-refractivity contribution in [1.29, 1.82) is 0 Å². The van der Waals surface area contributed by atoms with Crippen LogP contribution in [0.25, 0.3) is 0 Å². The van der Waals surface area contributed by atoms with Crippen LogP contribution in [0.5, 0.6) is 0 Å². The molecule has 7 nitrogen and oxygen atoms in total. The number of benzene rings is 2. The van der Waals surface area contributed by atoms with Gasteiger partial charge < -0.3 is 10.1 Å². The lowest BCUT2D eigenvalue weighted by Crippen LogP contribution is -2.30. The summed E-state index contributed by atoms with van der Waals surface area (Å²) in [7, 11) is -0.941. The molecular formula is C19H19F3N2O5S. The number of anilines is 1. The first-order valence-corrected chi connectivity index (χ1v) is 9.98. The van der Waals surface area contributed by atoms with E-state index in [1.165, 1.54) is 51.4 Å². The molecule has 1 atom stereocenters. The van der Waals surface area contributed by atoms with Gasteiger partial charge in [0.25, 0.3) is 5.91 Å². The van der Waals surface area contributed by atoms with Crippen molar-refractivity contribution in [2.45, 2.75) is 24.1 Å². The van der Waals surface area contributed by atoms with Crippen LogP contribution in [0, 0.1) is 0 Å². The van der Waals surface area contributed by atoms with E-state index in [1.54, 1.807) is 0 Å². The SMILES string of the molecule is CC(OC(=O)c1ccc(S(=O)(=O)N(C)C)cc1)C(=O)Nc1cccc(C(F)(F)F)c1. The highest BCUT2D eigenvalue weighted by Crippen LogP contribution is 2.30. The maximum absolute atomic E-state index is 12.7. The summed E-state index contributed by atoms with van der Waals surface area (Å²) in [5, 5.41) is 2.25. The number of rotatable bonds is 6. The fourth-order valence-corrected chi connectivity index (χ4v) is 3.17. The van der Waals surface area contributed by atoms with Gasteiger partial charge in [-0.3, -0.25) is 4.79 Å². The van der Waals surface area contributed by atoms with E-state index in [2.05, 4.69) is 5.32 Å². The van der Waals surface area contributed by atoms with Gasteiger partial charge in [-0.05, 0) is 49.4 Å². The molecule has 0 aromatic heterocycles. The summed E-state index contributed by atoms with van der Waals surface area (Å²) in [6, 6.07) is 8.94. The van der Waals surface area contributed by atoms with Crippen molar-refractivity contribution >= 4 is 27.6 Å². The normalized spacial score (nSPS) is 13.0. The van der Waals surface area contributed by atoms with Crippen molar-refractivity contribution in [2.75, 3.05) is 19.4 Å². The molecule has 1 amide bonds. The molecule has 0 aliphatic heterocycles. The summed E-state index contributed by atoms with van der Waals surface area (Å²) in [4.78, 5) is 24.3. The van der Waals surface area contributed by atoms with Crippen LogP contribution in [0.2, 0.25) is 0 Å². The summed E-state index contributed by atoms with van der Waals surface area (Å²) in [5.74, 6) is -1.72. The molecule has 0 fully saturated rings. The first-order chi connectivity index (χ1) is 13.8. The number of hydrogen-bond donors (Lipinski definition) is 1. The number of sulfonamides is 1. The highest BCUT2D eigenvalue weighted by molar-refractivity contribution is 7.89. The minimum Gasteiger partial charge on any atom is -0.449 e. The van der Waals surface area contributed by atoms with Gasteiger partial charge in [0.05, 0.1) is 16.0 Å². The van der Waals surface area contributed by atoms with E-state index in [4.69, 9.17) is 4.74 Å².